The molecule has 1 atom stereocenters. The molecule has 2 aromatic rings. The number of carbonyl (C=O) groups is 1. The fourth-order valence-corrected chi connectivity index (χ4v) is 3.21. The summed E-state index contributed by atoms with van der Waals surface area (Å²) in [7, 11) is 0. The van der Waals surface area contributed by atoms with Crippen LogP contribution in [-0.2, 0) is 14.3 Å². The number of pyridine rings is 1. The van der Waals surface area contributed by atoms with Crippen LogP contribution in [0.15, 0.2) is 51.8 Å². The maximum atomic E-state index is 12.8. The van der Waals surface area contributed by atoms with Crippen molar-refractivity contribution in [3.05, 3.63) is 68.5 Å². The summed E-state index contributed by atoms with van der Waals surface area (Å²) in [4.78, 5) is 28.2. The Morgan fingerprint density at radius 2 is 2.11 bits per heavy atom. The summed E-state index contributed by atoms with van der Waals surface area (Å²) in [6, 6.07) is 9.27. The molecule has 0 bridgehead atoms. The topological polar surface area (TPSA) is 118 Å². The van der Waals surface area contributed by atoms with Gasteiger partial charge >= 0.3 is 5.97 Å². The molecule has 0 unspecified atom stereocenters. The highest BCUT2D eigenvalue weighted by Crippen LogP contribution is 2.38. The molecule has 0 amide bonds. The molecular weight excluding hydrogens is 346 g/mol. The van der Waals surface area contributed by atoms with Crippen molar-refractivity contribution in [3.8, 4) is 6.07 Å². The minimum Gasteiger partial charge on any atom is -0.463 e. The van der Waals surface area contributed by atoms with Crippen LogP contribution in [0.3, 0.4) is 0 Å². The molecule has 1 aliphatic rings. The van der Waals surface area contributed by atoms with Gasteiger partial charge in [-0.1, -0.05) is 12.1 Å². The lowest BCUT2D eigenvalue weighted by Crippen LogP contribution is -2.29. The molecule has 0 fully saturated rings. The van der Waals surface area contributed by atoms with E-state index in [-0.39, 0.29) is 35.0 Å². The van der Waals surface area contributed by atoms with Gasteiger partial charge in [0, 0.05) is 11.1 Å². The zero-order valence-electron chi connectivity index (χ0n) is 15.3. The molecule has 3 rings (SSSR count). The predicted molar refractivity (Wildman–Crippen MR) is 99.3 cm³/mol. The fraction of sp³-hybridized carbons (Fsp3) is 0.250. The lowest BCUT2D eigenvalue weighted by Gasteiger charge is -2.26. The standard InChI is InChI=1S/C20H19N3O4/c1-4-26-20(25)16-11(3)27-18(22)14(9-21)17(16)13-8-12-6-5-10(2)7-15(12)23-19(13)24/h5-8,17H,4,22H2,1-3H3,(H,23,24)/t17-/m0/s1. The zero-order valence-corrected chi connectivity index (χ0v) is 15.3. The van der Waals surface area contributed by atoms with E-state index in [0.29, 0.717) is 5.52 Å². The van der Waals surface area contributed by atoms with E-state index in [4.69, 9.17) is 15.2 Å². The first-order valence-electron chi connectivity index (χ1n) is 8.46. The van der Waals surface area contributed by atoms with Gasteiger partial charge in [0.15, 0.2) is 0 Å². The molecule has 0 saturated carbocycles. The van der Waals surface area contributed by atoms with Crippen molar-refractivity contribution in [1.29, 1.82) is 5.26 Å². The third-order valence-electron chi connectivity index (χ3n) is 4.44. The van der Waals surface area contributed by atoms with Crippen molar-refractivity contribution in [2.45, 2.75) is 26.7 Å². The molecule has 7 nitrogen and oxygen atoms in total. The molecule has 0 saturated heterocycles. The summed E-state index contributed by atoms with van der Waals surface area (Å²) in [5, 5.41) is 10.4. The number of nitriles is 1. The van der Waals surface area contributed by atoms with Gasteiger partial charge in [0.1, 0.15) is 17.4 Å². The number of H-pyrrole nitrogens is 1. The minimum atomic E-state index is -0.961. The molecule has 2 heterocycles. The summed E-state index contributed by atoms with van der Waals surface area (Å²) in [6.45, 7) is 5.30. The van der Waals surface area contributed by atoms with Crippen molar-refractivity contribution < 1.29 is 14.3 Å². The highest BCUT2D eigenvalue weighted by Gasteiger charge is 2.37. The smallest absolute Gasteiger partial charge is 0.338 e. The van der Waals surface area contributed by atoms with Gasteiger partial charge in [0.2, 0.25) is 5.88 Å². The number of allylic oxidation sites excluding steroid dienone is 2. The Hall–Kier alpha value is -3.53. The van der Waals surface area contributed by atoms with Crippen LogP contribution >= 0.6 is 0 Å². The van der Waals surface area contributed by atoms with Crippen LogP contribution in [0.2, 0.25) is 0 Å². The fourth-order valence-electron chi connectivity index (χ4n) is 3.21. The van der Waals surface area contributed by atoms with Gasteiger partial charge in [-0.3, -0.25) is 4.79 Å². The van der Waals surface area contributed by atoms with E-state index in [9.17, 15) is 14.9 Å². The van der Waals surface area contributed by atoms with Gasteiger partial charge in [-0.15, -0.1) is 0 Å². The van der Waals surface area contributed by atoms with Crippen LogP contribution in [-0.4, -0.2) is 17.6 Å². The van der Waals surface area contributed by atoms with Crippen LogP contribution in [0.1, 0.15) is 30.9 Å². The number of nitrogens with zero attached hydrogens (tertiary/aromatic N) is 1. The number of ether oxygens (including phenoxy) is 2. The van der Waals surface area contributed by atoms with Gasteiger partial charge in [0.05, 0.1) is 18.1 Å². The van der Waals surface area contributed by atoms with E-state index in [1.165, 1.54) is 0 Å². The molecule has 27 heavy (non-hydrogen) atoms. The second-order valence-corrected chi connectivity index (χ2v) is 6.26. The van der Waals surface area contributed by atoms with Crippen LogP contribution in [0.5, 0.6) is 0 Å². The van der Waals surface area contributed by atoms with E-state index in [1.54, 1.807) is 19.9 Å². The molecule has 0 aliphatic carbocycles. The number of esters is 1. The number of nitrogens with two attached hydrogens (primary N) is 1. The number of aromatic amines is 1. The minimum absolute atomic E-state index is 0.000569. The predicted octanol–water partition coefficient (Wildman–Crippen LogP) is 2.48. The number of benzene rings is 1. The molecule has 138 valence electrons. The van der Waals surface area contributed by atoms with Crippen LogP contribution in [0.4, 0.5) is 0 Å². The zero-order chi connectivity index (χ0) is 19.7. The summed E-state index contributed by atoms with van der Waals surface area (Å²) in [5.74, 6) is -1.53. The second kappa shape index (κ2) is 7.00. The molecule has 7 heteroatoms. The number of rotatable bonds is 3. The summed E-state index contributed by atoms with van der Waals surface area (Å²) >= 11 is 0. The normalized spacial score (nSPS) is 16.9. The highest BCUT2D eigenvalue weighted by atomic mass is 16.5. The molecule has 0 radical (unpaired) electrons. The van der Waals surface area contributed by atoms with E-state index in [0.717, 1.165) is 10.9 Å². The third kappa shape index (κ3) is 3.17. The second-order valence-electron chi connectivity index (χ2n) is 6.26. The Labute approximate surface area is 155 Å². The molecule has 1 aromatic heterocycles. The van der Waals surface area contributed by atoms with E-state index in [2.05, 4.69) is 4.98 Å². The van der Waals surface area contributed by atoms with Crippen LogP contribution in [0, 0.1) is 18.3 Å². The number of hydrogen-bond donors (Lipinski definition) is 2. The van der Waals surface area contributed by atoms with Gasteiger partial charge in [-0.25, -0.2) is 4.79 Å². The summed E-state index contributed by atoms with van der Waals surface area (Å²) in [5.41, 5.74) is 7.46. The lowest BCUT2D eigenvalue weighted by atomic mass is 9.83. The van der Waals surface area contributed by atoms with Gasteiger partial charge in [0.25, 0.3) is 5.56 Å². The first-order chi connectivity index (χ1) is 12.9. The van der Waals surface area contributed by atoms with Crippen molar-refractivity contribution in [3.63, 3.8) is 0 Å². The number of aromatic nitrogens is 1. The molecule has 1 aliphatic heterocycles. The summed E-state index contributed by atoms with van der Waals surface area (Å²) in [6.07, 6.45) is 0. The number of fused-ring (bicyclic) bond motifs is 1. The Morgan fingerprint density at radius 1 is 1.37 bits per heavy atom. The van der Waals surface area contributed by atoms with Crippen molar-refractivity contribution in [2.75, 3.05) is 6.61 Å². The SMILES string of the molecule is CCOC(=O)C1=C(C)OC(N)=C(C#N)[C@@H]1c1cc2ccc(C)cc2[nH]c1=O. The average molecular weight is 365 g/mol. The Balaban J connectivity index is 2.28. The molecule has 3 N–H and O–H groups in total. The van der Waals surface area contributed by atoms with E-state index >= 15 is 0 Å². The quantitative estimate of drug-likeness (QED) is 0.807. The lowest BCUT2D eigenvalue weighted by molar-refractivity contribution is -0.139. The molecular formula is C20H19N3O4. The Kier molecular flexibility index (Phi) is 4.74. The van der Waals surface area contributed by atoms with Crippen molar-refractivity contribution >= 4 is 16.9 Å². The van der Waals surface area contributed by atoms with Gasteiger partial charge in [-0.2, -0.15) is 5.26 Å². The largest absolute Gasteiger partial charge is 0.463 e. The monoisotopic (exact) mass is 365 g/mol. The number of nitrogens with one attached hydrogen (secondary N) is 1. The van der Waals surface area contributed by atoms with Crippen LogP contribution < -0.4 is 11.3 Å². The van der Waals surface area contributed by atoms with Crippen molar-refractivity contribution in [1.82, 2.24) is 4.98 Å². The molecule has 1 aromatic carbocycles. The first kappa shape index (κ1) is 18.3. The van der Waals surface area contributed by atoms with Gasteiger partial charge < -0.3 is 20.2 Å². The van der Waals surface area contributed by atoms with Gasteiger partial charge in [-0.05, 0) is 43.9 Å². The van der Waals surface area contributed by atoms with E-state index < -0.39 is 17.4 Å². The highest BCUT2D eigenvalue weighted by molar-refractivity contribution is 5.93. The number of aryl methyl sites for hydroxylation is 1. The molecule has 0 spiro atoms. The average Bonchev–Trinajstić information content (AvgIpc) is 2.60. The summed E-state index contributed by atoms with van der Waals surface area (Å²) < 4.78 is 10.5. The Morgan fingerprint density at radius 3 is 2.78 bits per heavy atom. The van der Waals surface area contributed by atoms with Crippen LogP contribution in [0.25, 0.3) is 10.9 Å². The van der Waals surface area contributed by atoms with Crippen molar-refractivity contribution in [2.24, 2.45) is 5.73 Å². The Bertz CT molecular complexity index is 1100. The first-order valence-corrected chi connectivity index (χ1v) is 8.46. The number of carbonyl (C=O) groups excluding carboxylic acids is 1. The maximum absolute atomic E-state index is 12.8. The maximum Gasteiger partial charge on any atom is 0.338 e. The van der Waals surface area contributed by atoms with E-state index in [1.807, 2.05) is 31.2 Å². The third-order valence-corrected chi connectivity index (χ3v) is 4.44. The number of hydrogen-bond acceptors (Lipinski definition) is 6.